The highest BCUT2D eigenvalue weighted by molar-refractivity contribution is 5.96. The number of carbonyl (C=O) groups is 5. The molecule has 0 aromatic carbocycles. The Balaban J connectivity index is 1.24. The Morgan fingerprint density at radius 3 is 1.94 bits per heavy atom. The second-order valence-electron chi connectivity index (χ2n) is 23.2. The predicted octanol–water partition coefficient (Wildman–Crippen LogP) is 5.39. The standard InChI is InChI=1S/C48H76N2O12/c1-24(2)20-28(39(56)57)49-38(55)36-34(53)33(52)35(54)41(62-36)61-32-13-14-46(9)31(43(32,5)6)12-15-48(11)37(46)30(51)22-26-27-23-45(8,17-16-44(27,7)18-19-47(26,48)10)42(60)50-29(40(58)59)21-25(3)4/h22,24-25,27-29,31-37,41,52-54H,12-21,23H2,1-11H3,(H,49,55)(H,50,60)(H,56,57)(H,58,59)/t27?,28-,29+,31?,32?,33+,34+,35-,36+,37?,41?,44-,45+,46+,47-,48-/m1/s1. The van der Waals surface area contributed by atoms with Crippen molar-refractivity contribution < 1.29 is 59.0 Å². The number of aliphatic hydroxyl groups is 3. The lowest BCUT2D eigenvalue weighted by molar-refractivity contribution is -0.321. The van der Waals surface area contributed by atoms with Gasteiger partial charge in [0, 0.05) is 11.3 Å². The van der Waals surface area contributed by atoms with E-state index in [9.17, 15) is 44.7 Å². The van der Waals surface area contributed by atoms with Crippen LogP contribution >= 0.6 is 0 Å². The van der Waals surface area contributed by atoms with Crippen LogP contribution in [-0.4, -0.2) is 104 Å². The number of carbonyl (C=O) groups excluding carboxylic acids is 3. The summed E-state index contributed by atoms with van der Waals surface area (Å²) in [5.74, 6) is -3.59. The predicted molar refractivity (Wildman–Crippen MR) is 229 cm³/mol. The number of carboxylic acids is 2. The fraction of sp³-hybridized carbons (Fsp3) is 0.854. The highest BCUT2D eigenvalue weighted by Gasteiger charge is 2.70. The molecule has 2 amide bonds. The van der Waals surface area contributed by atoms with Crippen molar-refractivity contribution in [1.82, 2.24) is 10.6 Å². The van der Waals surface area contributed by atoms with Gasteiger partial charge in [-0.15, -0.1) is 0 Å². The van der Waals surface area contributed by atoms with Crippen LogP contribution in [0.25, 0.3) is 0 Å². The Hall–Kier alpha value is -2.91. The Bertz CT molecular complexity index is 1810. The first-order chi connectivity index (χ1) is 28.6. The molecule has 0 aromatic rings. The van der Waals surface area contributed by atoms with Crippen molar-refractivity contribution in [3.8, 4) is 0 Å². The van der Waals surface area contributed by atoms with E-state index >= 15 is 4.79 Å². The second kappa shape index (κ2) is 16.8. The Morgan fingerprint density at radius 2 is 1.35 bits per heavy atom. The molecule has 0 bridgehead atoms. The first-order valence-corrected chi connectivity index (χ1v) is 23.2. The monoisotopic (exact) mass is 873 g/mol. The average molecular weight is 873 g/mol. The Kier molecular flexibility index (Phi) is 13.2. The SMILES string of the molecule is CC(C)C[C@H](NC(=O)[C@@]1(C)CC[C@]2(C)CC[C@]3(C)C(=CC(=O)C4[C@@]5(C)CCC(OC6O[C@H](C(=O)N[C@H](CC(C)C)C(=O)O)[C@@H](O)[C@H](O)[C@H]6O)C(C)(C)C5CC[C@]43C)C2C1)C(=O)O. The van der Waals surface area contributed by atoms with Gasteiger partial charge in [-0.1, -0.05) is 81.7 Å². The van der Waals surface area contributed by atoms with Crippen LogP contribution in [0.3, 0.4) is 0 Å². The van der Waals surface area contributed by atoms with Crippen molar-refractivity contribution in [3.05, 3.63) is 11.6 Å². The normalized spacial score (nSPS) is 43.5. The van der Waals surface area contributed by atoms with Crippen molar-refractivity contribution >= 4 is 29.5 Å². The van der Waals surface area contributed by atoms with E-state index in [1.807, 2.05) is 40.7 Å². The molecule has 0 aromatic heterocycles. The molecular weight excluding hydrogens is 797 g/mol. The minimum absolute atomic E-state index is 0.000528. The van der Waals surface area contributed by atoms with Crippen LogP contribution in [0, 0.1) is 62.1 Å². The van der Waals surface area contributed by atoms with Crippen LogP contribution in [0.1, 0.15) is 147 Å². The van der Waals surface area contributed by atoms with Gasteiger partial charge >= 0.3 is 11.9 Å². The largest absolute Gasteiger partial charge is 0.480 e. The van der Waals surface area contributed by atoms with E-state index in [4.69, 9.17) is 9.47 Å². The van der Waals surface area contributed by atoms with Crippen LogP contribution in [0.4, 0.5) is 0 Å². The molecule has 14 heteroatoms. The summed E-state index contributed by atoms with van der Waals surface area (Å²) in [7, 11) is 0. The smallest absolute Gasteiger partial charge is 0.326 e. The number of amides is 2. The number of aliphatic hydroxyl groups excluding tert-OH is 3. The molecule has 350 valence electrons. The third-order valence-electron chi connectivity index (χ3n) is 17.8. The van der Waals surface area contributed by atoms with Crippen LogP contribution in [0.15, 0.2) is 11.6 Å². The molecule has 5 fully saturated rings. The number of hydrogen-bond acceptors (Lipinski definition) is 10. The molecule has 16 atom stereocenters. The summed E-state index contributed by atoms with van der Waals surface area (Å²) in [6, 6.07) is -2.21. The van der Waals surface area contributed by atoms with Gasteiger partial charge in [0.25, 0.3) is 5.91 Å². The van der Waals surface area contributed by atoms with Crippen molar-refractivity contribution in [3.63, 3.8) is 0 Å². The second-order valence-corrected chi connectivity index (χ2v) is 23.2. The van der Waals surface area contributed by atoms with Crippen LogP contribution in [0.5, 0.6) is 0 Å². The number of ketones is 1. The minimum Gasteiger partial charge on any atom is -0.480 e. The number of hydrogen-bond donors (Lipinski definition) is 7. The van der Waals surface area contributed by atoms with E-state index in [1.54, 1.807) is 0 Å². The van der Waals surface area contributed by atoms with Gasteiger partial charge in [-0.2, -0.15) is 0 Å². The van der Waals surface area contributed by atoms with Gasteiger partial charge < -0.3 is 45.6 Å². The summed E-state index contributed by atoms with van der Waals surface area (Å²) < 4.78 is 12.4. The third-order valence-corrected chi connectivity index (χ3v) is 17.8. The molecule has 5 unspecified atom stereocenters. The number of fused-ring (bicyclic) bond motifs is 7. The van der Waals surface area contributed by atoms with Crippen molar-refractivity contribution in [2.45, 2.75) is 196 Å². The number of nitrogens with one attached hydrogen (secondary N) is 2. The Labute approximate surface area is 367 Å². The van der Waals surface area contributed by atoms with E-state index in [-0.39, 0.29) is 63.9 Å². The zero-order valence-corrected chi connectivity index (χ0v) is 39.0. The van der Waals surface area contributed by atoms with Gasteiger partial charge in [-0.3, -0.25) is 14.4 Å². The molecule has 0 spiro atoms. The lowest BCUT2D eigenvalue weighted by atomic mass is 9.33. The maximum atomic E-state index is 15.1. The number of aliphatic carboxylic acids is 2. The molecule has 6 aliphatic rings. The average Bonchev–Trinajstić information content (AvgIpc) is 3.16. The molecule has 62 heavy (non-hydrogen) atoms. The summed E-state index contributed by atoms with van der Waals surface area (Å²) in [5.41, 5.74) is -1.46. The highest BCUT2D eigenvalue weighted by atomic mass is 16.7. The van der Waals surface area contributed by atoms with E-state index in [2.05, 4.69) is 52.2 Å². The Morgan fingerprint density at radius 1 is 0.774 bits per heavy atom. The van der Waals surface area contributed by atoms with Gasteiger partial charge in [0.1, 0.15) is 30.4 Å². The lowest BCUT2D eigenvalue weighted by Crippen LogP contribution is -2.67. The molecule has 5 aliphatic carbocycles. The van der Waals surface area contributed by atoms with E-state index in [0.717, 1.165) is 37.7 Å². The summed E-state index contributed by atoms with van der Waals surface area (Å²) in [6.45, 7) is 22.9. The summed E-state index contributed by atoms with van der Waals surface area (Å²) in [5, 5.41) is 57.8. The fourth-order valence-corrected chi connectivity index (χ4v) is 13.9. The van der Waals surface area contributed by atoms with Gasteiger partial charge in [0.2, 0.25) is 5.91 Å². The number of ether oxygens (including phenoxy) is 2. The fourth-order valence-electron chi connectivity index (χ4n) is 13.9. The topological polar surface area (TPSA) is 229 Å². The minimum atomic E-state index is -1.83. The van der Waals surface area contributed by atoms with E-state index in [1.165, 1.54) is 0 Å². The first-order valence-electron chi connectivity index (χ1n) is 23.2. The maximum Gasteiger partial charge on any atom is 0.326 e. The number of rotatable bonds is 12. The number of carboxylic acid groups (broad SMARTS) is 2. The summed E-state index contributed by atoms with van der Waals surface area (Å²) in [6.07, 6.45) is -0.0112. The van der Waals surface area contributed by atoms with Gasteiger partial charge in [-0.25, -0.2) is 9.59 Å². The molecule has 4 saturated carbocycles. The lowest BCUT2D eigenvalue weighted by Gasteiger charge is -2.70. The summed E-state index contributed by atoms with van der Waals surface area (Å²) >= 11 is 0. The molecule has 1 heterocycles. The zero-order valence-electron chi connectivity index (χ0n) is 39.0. The van der Waals surface area contributed by atoms with Crippen LogP contribution in [0.2, 0.25) is 0 Å². The molecule has 1 saturated heterocycles. The molecule has 6 rings (SSSR count). The highest BCUT2D eigenvalue weighted by Crippen LogP contribution is 2.75. The van der Waals surface area contributed by atoms with Crippen molar-refractivity contribution in [2.75, 3.05) is 0 Å². The maximum absolute atomic E-state index is 15.1. The first kappa shape index (κ1) is 48.5. The molecule has 14 nitrogen and oxygen atoms in total. The number of allylic oxidation sites excluding steroid dienone is 2. The van der Waals surface area contributed by atoms with Gasteiger partial charge in [-0.05, 0) is 127 Å². The molecule has 0 radical (unpaired) electrons. The molecular formula is C48H76N2O12. The van der Waals surface area contributed by atoms with E-state index in [0.29, 0.717) is 32.1 Å². The summed E-state index contributed by atoms with van der Waals surface area (Å²) in [4.78, 5) is 66.5. The van der Waals surface area contributed by atoms with Crippen molar-refractivity contribution in [2.24, 2.45) is 62.1 Å². The van der Waals surface area contributed by atoms with Gasteiger partial charge in [0.15, 0.2) is 18.2 Å². The molecule has 1 aliphatic heterocycles. The van der Waals surface area contributed by atoms with Crippen LogP contribution < -0.4 is 10.6 Å². The molecule has 7 N–H and O–H groups in total. The quantitative estimate of drug-likeness (QED) is 0.123. The van der Waals surface area contributed by atoms with Crippen molar-refractivity contribution in [1.29, 1.82) is 0 Å². The van der Waals surface area contributed by atoms with E-state index < -0.39 is 83.0 Å². The zero-order chi connectivity index (χ0) is 46.3. The third kappa shape index (κ3) is 8.08. The van der Waals surface area contributed by atoms with Crippen LogP contribution in [-0.2, 0) is 33.4 Å². The van der Waals surface area contributed by atoms with Gasteiger partial charge in [0.05, 0.1) is 6.10 Å².